The van der Waals surface area contributed by atoms with Crippen molar-refractivity contribution in [2.24, 2.45) is 7.05 Å². The van der Waals surface area contributed by atoms with Gasteiger partial charge in [-0.1, -0.05) is 35.9 Å². The quantitative estimate of drug-likeness (QED) is 0.786. The number of aromatic nitrogens is 3. The van der Waals surface area contributed by atoms with Crippen LogP contribution in [0, 0.1) is 6.92 Å². The van der Waals surface area contributed by atoms with E-state index in [-0.39, 0.29) is 5.91 Å². The molecule has 0 fully saturated rings. The first-order valence-electron chi connectivity index (χ1n) is 7.87. The molecule has 2 aromatic heterocycles. The van der Waals surface area contributed by atoms with E-state index < -0.39 is 0 Å². The van der Waals surface area contributed by atoms with E-state index >= 15 is 0 Å². The first-order chi connectivity index (χ1) is 11.6. The van der Waals surface area contributed by atoms with E-state index in [0.29, 0.717) is 13.0 Å². The minimum Gasteiger partial charge on any atom is -0.352 e. The molecule has 0 bridgehead atoms. The van der Waals surface area contributed by atoms with Crippen LogP contribution in [-0.2, 0) is 24.8 Å². The predicted molar refractivity (Wildman–Crippen MR) is 93.2 cm³/mol. The second kappa shape index (κ2) is 7.08. The molecule has 3 rings (SSSR count). The summed E-state index contributed by atoms with van der Waals surface area (Å²) in [5.41, 5.74) is 4.95. The highest BCUT2D eigenvalue weighted by Crippen LogP contribution is 2.20. The van der Waals surface area contributed by atoms with Gasteiger partial charge in [-0.15, -0.1) is 0 Å². The number of hydrogen-bond acceptors (Lipinski definition) is 3. The summed E-state index contributed by atoms with van der Waals surface area (Å²) in [6.07, 6.45) is 5.82. The Morgan fingerprint density at radius 3 is 2.88 bits per heavy atom. The topological polar surface area (TPSA) is 59.8 Å². The van der Waals surface area contributed by atoms with Gasteiger partial charge in [0, 0.05) is 31.5 Å². The van der Waals surface area contributed by atoms with Crippen molar-refractivity contribution in [1.29, 1.82) is 0 Å². The Kier molecular flexibility index (Phi) is 4.70. The molecule has 122 valence electrons. The number of nitrogens with one attached hydrogen (secondary N) is 1. The van der Waals surface area contributed by atoms with E-state index in [2.05, 4.69) is 15.4 Å². The Morgan fingerprint density at radius 1 is 1.25 bits per heavy atom. The lowest BCUT2D eigenvalue weighted by Gasteiger charge is -2.09. The van der Waals surface area contributed by atoms with Crippen LogP contribution in [0.3, 0.4) is 0 Å². The lowest BCUT2D eigenvalue weighted by Crippen LogP contribution is -2.25. The van der Waals surface area contributed by atoms with Crippen molar-refractivity contribution in [1.82, 2.24) is 20.1 Å². The van der Waals surface area contributed by atoms with Crippen molar-refractivity contribution in [3.8, 4) is 11.3 Å². The summed E-state index contributed by atoms with van der Waals surface area (Å²) in [7, 11) is 1.87. The first kappa shape index (κ1) is 15.9. The molecule has 0 radical (unpaired) electrons. The van der Waals surface area contributed by atoms with E-state index in [1.54, 1.807) is 17.1 Å². The number of pyridine rings is 1. The van der Waals surface area contributed by atoms with Crippen LogP contribution in [0.5, 0.6) is 0 Å². The van der Waals surface area contributed by atoms with Gasteiger partial charge in [-0.25, -0.2) is 0 Å². The molecule has 0 spiro atoms. The minimum atomic E-state index is 0.00147. The van der Waals surface area contributed by atoms with Gasteiger partial charge < -0.3 is 5.32 Å². The molecule has 0 atom stereocenters. The molecule has 0 saturated heterocycles. The Hall–Kier alpha value is -2.95. The molecule has 0 aliphatic heterocycles. The van der Waals surface area contributed by atoms with Gasteiger partial charge >= 0.3 is 0 Å². The zero-order chi connectivity index (χ0) is 16.9. The Morgan fingerprint density at radius 2 is 2.12 bits per heavy atom. The summed E-state index contributed by atoms with van der Waals surface area (Å²) in [6, 6.07) is 11.9. The second-order valence-corrected chi connectivity index (χ2v) is 5.86. The van der Waals surface area contributed by atoms with Gasteiger partial charge in [-0.2, -0.15) is 5.10 Å². The Labute approximate surface area is 141 Å². The van der Waals surface area contributed by atoms with Crippen LogP contribution < -0.4 is 5.32 Å². The summed E-state index contributed by atoms with van der Waals surface area (Å²) >= 11 is 0. The normalized spacial score (nSPS) is 10.6. The molecule has 1 aromatic carbocycles. The maximum absolute atomic E-state index is 12.2. The van der Waals surface area contributed by atoms with Crippen LogP contribution in [0.1, 0.15) is 16.7 Å². The van der Waals surface area contributed by atoms with E-state index in [1.807, 2.05) is 56.6 Å². The molecule has 5 nitrogen and oxygen atoms in total. The van der Waals surface area contributed by atoms with E-state index in [9.17, 15) is 4.79 Å². The highest BCUT2D eigenvalue weighted by Gasteiger charge is 2.10. The van der Waals surface area contributed by atoms with Gasteiger partial charge in [0.25, 0.3) is 0 Å². The number of carbonyl (C=O) groups excluding carboxylic acids is 1. The Balaban J connectivity index is 1.67. The fourth-order valence-corrected chi connectivity index (χ4v) is 2.65. The summed E-state index contributed by atoms with van der Waals surface area (Å²) in [5, 5.41) is 7.16. The van der Waals surface area contributed by atoms with Crippen molar-refractivity contribution in [3.05, 3.63) is 71.7 Å². The van der Waals surface area contributed by atoms with Crippen molar-refractivity contribution >= 4 is 5.91 Å². The molecule has 0 aliphatic rings. The number of hydrogen-bond donors (Lipinski definition) is 1. The third kappa shape index (κ3) is 3.87. The number of benzene rings is 1. The fraction of sp³-hybridized carbons (Fsp3) is 0.211. The highest BCUT2D eigenvalue weighted by molar-refractivity contribution is 5.78. The molecule has 0 aliphatic carbocycles. The van der Waals surface area contributed by atoms with Gasteiger partial charge in [0.1, 0.15) is 0 Å². The summed E-state index contributed by atoms with van der Waals surface area (Å²) in [6.45, 7) is 2.47. The summed E-state index contributed by atoms with van der Waals surface area (Å²) in [4.78, 5) is 16.6. The molecule has 1 N–H and O–H groups in total. The van der Waals surface area contributed by atoms with Crippen LogP contribution in [0.15, 0.2) is 55.0 Å². The van der Waals surface area contributed by atoms with Crippen molar-refractivity contribution < 1.29 is 4.79 Å². The number of carbonyl (C=O) groups is 1. The van der Waals surface area contributed by atoms with E-state index in [4.69, 9.17) is 0 Å². The van der Waals surface area contributed by atoms with E-state index in [0.717, 1.165) is 27.9 Å². The van der Waals surface area contributed by atoms with E-state index in [1.165, 1.54) is 0 Å². The standard InChI is InChI=1S/C19H20N4O/c1-14-5-3-6-15(9-14)10-18(24)21-11-16-7-4-8-20-19(16)17-12-22-23(2)13-17/h3-9,12-13H,10-11H2,1-2H3,(H,21,24). The average Bonchev–Trinajstić information content (AvgIpc) is 2.99. The average molecular weight is 320 g/mol. The number of amides is 1. The molecule has 0 saturated carbocycles. The zero-order valence-electron chi connectivity index (χ0n) is 13.9. The smallest absolute Gasteiger partial charge is 0.224 e. The molecule has 24 heavy (non-hydrogen) atoms. The van der Waals surface area contributed by atoms with Crippen LogP contribution in [0.4, 0.5) is 0 Å². The van der Waals surface area contributed by atoms with Crippen LogP contribution in [0.2, 0.25) is 0 Å². The molecule has 3 aromatic rings. The van der Waals surface area contributed by atoms with Crippen LogP contribution >= 0.6 is 0 Å². The number of aryl methyl sites for hydroxylation is 2. The van der Waals surface area contributed by atoms with Crippen molar-refractivity contribution in [2.45, 2.75) is 19.9 Å². The maximum atomic E-state index is 12.2. The first-order valence-corrected chi connectivity index (χ1v) is 7.87. The second-order valence-electron chi connectivity index (χ2n) is 5.86. The molecule has 0 unspecified atom stereocenters. The van der Waals surface area contributed by atoms with Gasteiger partial charge in [0.2, 0.25) is 5.91 Å². The Bertz CT molecular complexity index is 854. The van der Waals surface area contributed by atoms with Crippen LogP contribution in [0.25, 0.3) is 11.3 Å². The maximum Gasteiger partial charge on any atom is 0.224 e. The van der Waals surface area contributed by atoms with Gasteiger partial charge in [-0.05, 0) is 24.1 Å². The zero-order valence-corrected chi connectivity index (χ0v) is 13.9. The lowest BCUT2D eigenvalue weighted by molar-refractivity contribution is -0.120. The number of nitrogens with zero attached hydrogens (tertiary/aromatic N) is 3. The molecular formula is C19H20N4O. The SMILES string of the molecule is Cc1cccc(CC(=O)NCc2cccnc2-c2cnn(C)c2)c1. The third-order valence-corrected chi connectivity index (χ3v) is 3.79. The summed E-state index contributed by atoms with van der Waals surface area (Å²) < 4.78 is 1.74. The highest BCUT2D eigenvalue weighted by atomic mass is 16.1. The molecule has 1 amide bonds. The monoisotopic (exact) mass is 320 g/mol. The third-order valence-electron chi connectivity index (χ3n) is 3.79. The minimum absolute atomic E-state index is 0.00147. The number of rotatable bonds is 5. The molecule has 2 heterocycles. The van der Waals surface area contributed by atoms with Gasteiger partial charge in [0.05, 0.1) is 18.3 Å². The predicted octanol–water partition coefficient (Wildman–Crippen LogP) is 2.65. The lowest BCUT2D eigenvalue weighted by atomic mass is 10.1. The fourth-order valence-electron chi connectivity index (χ4n) is 2.65. The van der Waals surface area contributed by atoms with Gasteiger partial charge in [-0.3, -0.25) is 14.5 Å². The summed E-state index contributed by atoms with van der Waals surface area (Å²) in [5.74, 6) is 0.00147. The van der Waals surface area contributed by atoms with Crippen molar-refractivity contribution in [3.63, 3.8) is 0 Å². The largest absolute Gasteiger partial charge is 0.352 e. The van der Waals surface area contributed by atoms with Crippen LogP contribution in [-0.4, -0.2) is 20.7 Å². The van der Waals surface area contributed by atoms with Crippen molar-refractivity contribution in [2.75, 3.05) is 0 Å². The van der Waals surface area contributed by atoms with Gasteiger partial charge in [0.15, 0.2) is 0 Å². The molecular weight excluding hydrogens is 300 g/mol. The molecule has 5 heteroatoms.